The van der Waals surface area contributed by atoms with Gasteiger partial charge in [0.1, 0.15) is 0 Å². The van der Waals surface area contributed by atoms with Crippen molar-refractivity contribution in [2.45, 2.75) is 39.3 Å². The van der Waals surface area contributed by atoms with E-state index in [0.29, 0.717) is 6.04 Å². The number of likely N-dealkylation sites (tertiary alicyclic amines) is 1. The van der Waals surface area contributed by atoms with Crippen LogP contribution in [0.4, 0.5) is 5.95 Å². The van der Waals surface area contributed by atoms with Crippen LogP contribution in [-0.2, 0) is 6.54 Å². The minimum absolute atomic E-state index is 0.480. The number of hydrogen-bond donors (Lipinski definition) is 1. The van der Waals surface area contributed by atoms with Gasteiger partial charge in [0.2, 0.25) is 5.95 Å². The maximum absolute atomic E-state index is 4.48. The Bertz CT molecular complexity index is 583. The average Bonchev–Trinajstić information content (AvgIpc) is 2.49. The lowest BCUT2D eigenvalue weighted by Crippen LogP contribution is -2.39. The molecule has 1 fully saturated rings. The fraction of sp³-hybridized carbons (Fsp3) is 0.444. The van der Waals surface area contributed by atoms with Crippen LogP contribution in [0.5, 0.6) is 0 Å². The molecule has 1 aliphatic rings. The molecule has 1 aromatic heterocycles. The van der Waals surface area contributed by atoms with E-state index in [2.05, 4.69) is 50.5 Å². The summed E-state index contributed by atoms with van der Waals surface area (Å²) in [4.78, 5) is 11.5. The Morgan fingerprint density at radius 2 is 1.68 bits per heavy atom. The van der Waals surface area contributed by atoms with E-state index >= 15 is 0 Å². The van der Waals surface area contributed by atoms with Gasteiger partial charge in [0.15, 0.2) is 0 Å². The van der Waals surface area contributed by atoms with Gasteiger partial charge in [0, 0.05) is 37.1 Å². The Hall–Kier alpha value is -1.94. The van der Waals surface area contributed by atoms with Crippen LogP contribution >= 0.6 is 0 Å². The zero-order chi connectivity index (χ0) is 15.4. The standard InChI is InChI=1S/C18H24N4/c1-14-12-15(2)20-18(19-14)21-17-8-10-22(11-9-17)13-16-6-4-3-5-7-16/h3-7,12,17H,8-11,13H2,1-2H3,(H,19,20,21). The molecule has 1 N–H and O–H groups in total. The van der Waals surface area contributed by atoms with E-state index in [1.165, 1.54) is 5.56 Å². The van der Waals surface area contributed by atoms with E-state index in [-0.39, 0.29) is 0 Å². The van der Waals surface area contributed by atoms with Crippen molar-refractivity contribution in [2.75, 3.05) is 18.4 Å². The van der Waals surface area contributed by atoms with Gasteiger partial charge in [0.25, 0.3) is 0 Å². The summed E-state index contributed by atoms with van der Waals surface area (Å²) in [7, 11) is 0. The maximum Gasteiger partial charge on any atom is 0.223 e. The number of benzene rings is 1. The summed E-state index contributed by atoms with van der Waals surface area (Å²) < 4.78 is 0. The first-order chi connectivity index (χ1) is 10.7. The molecule has 2 aromatic rings. The summed E-state index contributed by atoms with van der Waals surface area (Å²) >= 11 is 0. The summed E-state index contributed by atoms with van der Waals surface area (Å²) in [5.74, 6) is 0.777. The van der Waals surface area contributed by atoms with Crippen LogP contribution < -0.4 is 5.32 Å². The van der Waals surface area contributed by atoms with E-state index in [1.54, 1.807) is 0 Å². The number of aromatic nitrogens is 2. The quantitative estimate of drug-likeness (QED) is 0.941. The second kappa shape index (κ2) is 6.88. The fourth-order valence-corrected chi connectivity index (χ4v) is 3.05. The second-order valence-corrected chi connectivity index (χ2v) is 6.15. The molecule has 0 spiro atoms. The Balaban J connectivity index is 1.51. The zero-order valence-corrected chi connectivity index (χ0v) is 13.4. The number of anilines is 1. The van der Waals surface area contributed by atoms with Crippen molar-refractivity contribution in [3.8, 4) is 0 Å². The summed E-state index contributed by atoms with van der Waals surface area (Å²) in [6.45, 7) is 7.33. The largest absolute Gasteiger partial charge is 0.351 e. The predicted molar refractivity (Wildman–Crippen MR) is 89.9 cm³/mol. The van der Waals surface area contributed by atoms with Crippen molar-refractivity contribution in [1.82, 2.24) is 14.9 Å². The fourth-order valence-electron chi connectivity index (χ4n) is 3.05. The Labute approximate surface area is 132 Å². The van der Waals surface area contributed by atoms with Crippen LogP contribution in [0.2, 0.25) is 0 Å². The molecular weight excluding hydrogens is 272 g/mol. The zero-order valence-electron chi connectivity index (χ0n) is 13.4. The normalized spacial score (nSPS) is 16.6. The van der Waals surface area contributed by atoms with Crippen molar-refractivity contribution in [1.29, 1.82) is 0 Å². The van der Waals surface area contributed by atoms with Gasteiger partial charge >= 0.3 is 0 Å². The Morgan fingerprint density at radius 1 is 1.05 bits per heavy atom. The lowest BCUT2D eigenvalue weighted by Gasteiger charge is -2.32. The number of rotatable bonds is 4. The van der Waals surface area contributed by atoms with Crippen molar-refractivity contribution < 1.29 is 0 Å². The summed E-state index contributed by atoms with van der Waals surface area (Å²) in [6.07, 6.45) is 2.28. The number of hydrogen-bond acceptors (Lipinski definition) is 4. The number of nitrogens with one attached hydrogen (secondary N) is 1. The van der Waals surface area contributed by atoms with Gasteiger partial charge in [-0.15, -0.1) is 0 Å². The monoisotopic (exact) mass is 296 g/mol. The van der Waals surface area contributed by atoms with Crippen LogP contribution in [0.1, 0.15) is 29.8 Å². The summed E-state index contributed by atoms with van der Waals surface area (Å²) in [6, 6.07) is 13.2. The van der Waals surface area contributed by atoms with E-state index < -0.39 is 0 Å². The van der Waals surface area contributed by atoms with Crippen molar-refractivity contribution in [2.24, 2.45) is 0 Å². The van der Waals surface area contributed by atoms with Gasteiger partial charge in [-0.3, -0.25) is 4.90 Å². The van der Waals surface area contributed by atoms with Gasteiger partial charge in [-0.2, -0.15) is 0 Å². The van der Waals surface area contributed by atoms with Gasteiger partial charge in [-0.1, -0.05) is 30.3 Å². The van der Waals surface area contributed by atoms with Crippen LogP contribution in [0.25, 0.3) is 0 Å². The molecule has 0 unspecified atom stereocenters. The Morgan fingerprint density at radius 3 is 2.32 bits per heavy atom. The number of aryl methyl sites for hydroxylation is 2. The van der Waals surface area contributed by atoms with Crippen molar-refractivity contribution in [3.63, 3.8) is 0 Å². The highest BCUT2D eigenvalue weighted by atomic mass is 15.2. The maximum atomic E-state index is 4.48. The first-order valence-corrected chi connectivity index (χ1v) is 8.04. The van der Waals surface area contributed by atoms with E-state index in [9.17, 15) is 0 Å². The first-order valence-electron chi connectivity index (χ1n) is 8.04. The minimum atomic E-state index is 0.480. The molecule has 4 nitrogen and oxygen atoms in total. The molecule has 1 aliphatic heterocycles. The molecule has 4 heteroatoms. The predicted octanol–water partition coefficient (Wildman–Crippen LogP) is 3.17. The summed E-state index contributed by atoms with van der Waals surface area (Å²) in [5.41, 5.74) is 3.44. The smallest absolute Gasteiger partial charge is 0.223 e. The third kappa shape index (κ3) is 4.04. The van der Waals surface area contributed by atoms with Crippen LogP contribution in [-0.4, -0.2) is 34.0 Å². The summed E-state index contributed by atoms with van der Waals surface area (Å²) in [5, 5.41) is 3.50. The number of piperidine rings is 1. The van der Waals surface area contributed by atoms with E-state index in [0.717, 1.165) is 49.8 Å². The van der Waals surface area contributed by atoms with Crippen molar-refractivity contribution >= 4 is 5.95 Å². The van der Waals surface area contributed by atoms with Crippen LogP contribution in [0.3, 0.4) is 0 Å². The highest BCUT2D eigenvalue weighted by Gasteiger charge is 2.19. The second-order valence-electron chi connectivity index (χ2n) is 6.15. The van der Waals surface area contributed by atoms with E-state index in [4.69, 9.17) is 0 Å². The molecule has 0 radical (unpaired) electrons. The topological polar surface area (TPSA) is 41.1 Å². The van der Waals surface area contributed by atoms with Gasteiger partial charge in [-0.25, -0.2) is 9.97 Å². The SMILES string of the molecule is Cc1cc(C)nc(NC2CCN(Cc3ccccc3)CC2)n1. The molecule has 0 saturated carbocycles. The van der Waals surface area contributed by atoms with Crippen LogP contribution in [0, 0.1) is 13.8 Å². The minimum Gasteiger partial charge on any atom is -0.351 e. The highest BCUT2D eigenvalue weighted by Crippen LogP contribution is 2.17. The van der Waals surface area contributed by atoms with Gasteiger partial charge < -0.3 is 5.32 Å². The van der Waals surface area contributed by atoms with Crippen molar-refractivity contribution in [3.05, 3.63) is 53.3 Å². The third-order valence-electron chi connectivity index (χ3n) is 4.15. The third-order valence-corrected chi connectivity index (χ3v) is 4.15. The molecular formula is C18H24N4. The first kappa shape index (κ1) is 15.0. The Kier molecular flexibility index (Phi) is 4.68. The molecule has 0 bridgehead atoms. The number of nitrogens with zero attached hydrogens (tertiary/aromatic N) is 3. The van der Waals surface area contributed by atoms with Gasteiger partial charge in [-0.05, 0) is 38.3 Å². The lowest BCUT2D eigenvalue weighted by atomic mass is 10.0. The van der Waals surface area contributed by atoms with E-state index in [1.807, 2.05) is 19.9 Å². The molecule has 0 atom stereocenters. The molecule has 0 amide bonds. The molecule has 1 aromatic carbocycles. The highest BCUT2D eigenvalue weighted by molar-refractivity contribution is 5.29. The lowest BCUT2D eigenvalue weighted by molar-refractivity contribution is 0.211. The molecule has 0 aliphatic carbocycles. The van der Waals surface area contributed by atoms with Gasteiger partial charge in [0.05, 0.1) is 0 Å². The van der Waals surface area contributed by atoms with Crippen LogP contribution in [0.15, 0.2) is 36.4 Å². The molecule has 1 saturated heterocycles. The molecule has 2 heterocycles. The molecule has 3 rings (SSSR count). The molecule has 22 heavy (non-hydrogen) atoms. The molecule has 116 valence electrons. The average molecular weight is 296 g/mol.